The van der Waals surface area contributed by atoms with E-state index in [9.17, 15) is 14.7 Å². The second kappa shape index (κ2) is 9.62. The topological polar surface area (TPSA) is 76.1 Å². The summed E-state index contributed by atoms with van der Waals surface area (Å²) in [6, 6.07) is 9.43. The average molecular weight is 436 g/mol. The highest BCUT2D eigenvalue weighted by molar-refractivity contribution is 6.74. The van der Waals surface area contributed by atoms with E-state index in [1.807, 2.05) is 37.3 Å². The van der Waals surface area contributed by atoms with Crippen LogP contribution in [0.15, 0.2) is 30.3 Å². The monoisotopic (exact) mass is 435 g/mol. The molecule has 7 heteroatoms. The van der Waals surface area contributed by atoms with E-state index >= 15 is 0 Å². The van der Waals surface area contributed by atoms with Crippen molar-refractivity contribution in [1.82, 2.24) is 4.90 Å². The van der Waals surface area contributed by atoms with Gasteiger partial charge in [0.1, 0.15) is 6.61 Å². The smallest absolute Gasteiger partial charge is 0.416 e. The molecular formula is C23H37NO5Si. The summed E-state index contributed by atoms with van der Waals surface area (Å²) in [5.74, 6) is -1.11. The molecular weight excluding hydrogens is 398 g/mol. The first-order valence-electron chi connectivity index (χ1n) is 10.7. The van der Waals surface area contributed by atoms with Crippen LogP contribution in [0.4, 0.5) is 4.79 Å². The number of cyclic esters (lactones) is 1. The number of imide groups is 1. The summed E-state index contributed by atoms with van der Waals surface area (Å²) in [5.41, 5.74) is 1.05. The van der Waals surface area contributed by atoms with Gasteiger partial charge in [-0.2, -0.15) is 0 Å². The van der Waals surface area contributed by atoms with Gasteiger partial charge < -0.3 is 14.3 Å². The Morgan fingerprint density at radius 3 is 2.40 bits per heavy atom. The average Bonchev–Trinajstić information content (AvgIpc) is 3.04. The largest absolute Gasteiger partial charge is 0.447 e. The molecule has 2 rings (SSSR count). The maximum Gasteiger partial charge on any atom is 0.416 e. The van der Waals surface area contributed by atoms with E-state index in [0.717, 1.165) is 5.56 Å². The zero-order valence-corrected chi connectivity index (χ0v) is 20.3. The fraction of sp³-hybridized carbons (Fsp3) is 0.652. The first-order valence-corrected chi connectivity index (χ1v) is 13.6. The predicted molar refractivity (Wildman–Crippen MR) is 120 cm³/mol. The van der Waals surface area contributed by atoms with Crippen LogP contribution in [0.25, 0.3) is 0 Å². The van der Waals surface area contributed by atoms with Crippen LogP contribution in [-0.2, 0) is 20.4 Å². The number of carbonyl (C=O) groups excluding carboxylic acids is 2. The lowest BCUT2D eigenvalue weighted by atomic mass is 9.92. The van der Waals surface area contributed by atoms with Crippen molar-refractivity contribution < 1.29 is 23.9 Å². The van der Waals surface area contributed by atoms with Crippen molar-refractivity contribution in [3.8, 4) is 0 Å². The Hall–Kier alpha value is -1.70. The number of aliphatic hydroxyl groups is 1. The number of nitrogens with zero attached hydrogens (tertiary/aromatic N) is 1. The van der Waals surface area contributed by atoms with E-state index in [2.05, 4.69) is 33.9 Å². The lowest BCUT2D eigenvalue weighted by Gasteiger charge is -2.42. The van der Waals surface area contributed by atoms with Crippen molar-refractivity contribution in [2.75, 3.05) is 13.2 Å². The van der Waals surface area contributed by atoms with Crippen molar-refractivity contribution in [1.29, 1.82) is 0 Å². The summed E-state index contributed by atoms with van der Waals surface area (Å²) < 4.78 is 11.8. The molecule has 1 aliphatic heterocycles. The van der Waals surface area contributed by atoms with Gasteiger partial charge in [0.25, 0.3) is 0 Å². The number of aliphatic hydroxyl groups excluding tert-OH is 1. The number of carbonyl (C=O) groups is 2. The number of hydrogen-bond donors (Lipinski definition) is 1. The van der Waals surface area contributed by atoms with Crippen molar-refractivity contribution in [2.45, 2.75) is 71.3 Å². The number of ether oxygens (including phenoxy) is 1. The minimum absolute atomic E-state index is 0.0361. The summed E-state index contributed by atoms with van der Waals surface area (Å²) in [5, 5.41) is 9.78. The molecule has 1 aromatic rings. The lowest BCUT2D eigenvalue weighted by Crippen LogP contribution is -2.52. The van der Waals surface area contributed by atoms with Crippen LogP contribution < -0.4 is 0 Å². The Bertz CT molecular complexity index is 731. The molecule has 0 bridgehead atoms. The van der Waals surface area contributed by atoms with Crippen LogP contribution in [0.1, 0.15) is 40.2 Å². The molecule has 0 aliphatic carbocycles. The number of benzene rings is 1. The van der Waals surface area contributed by atoms with E-state index in [4.69, 9.17) is 9.16 Å². The molecule has 2 amide bonds. The Labute approximate surface area is 181 Å². The fourth-order valence-corrected chi connectivity index (χ4v) is 4.93. The van der Waals surface area contributed by atoms with Crippen LogP contribution in [-0.4, -0.2) is 55.7 Å². The van der Waals surface area contributed by atoms with Gasteiger partial charge in [0, 0.05) is 12.5 Å². The summed E-state index contributed by atoms with van der Waals surface area (Å²) in [6.07, 6.45) is -0.529. The molecule has 0 radical (unpaired) electrons. The van der Waals surface area contributed by atoms with Gasteiger partial charge >= 0.3 is 6.09 Å². The van der Waals surface area contributed by atoms with Crippen LogP contribution in [0.2, 0.25) is 18.1 Å². The fourth-order valence-electron chi connectivity index (χ4n) is 3.46. The van der Waals surface area contributed by atoms with E-state index in [0.29, 0.717) is 6.42 Å². The maximum absolute atomic E-state index is 13.4. The SMILES string of the molecule is CC(CO)C(O[Si](C)(C)C(C)(C)C)C(C)C(=O)N1C(=O)OC[C@@H]1Cc1ccccc1. The summed E-state index contributed by atoms with van der Waals surface area (Å²) in [6.45, 7) is 14.4. The Morgan fingerprint density at radius 1 is 1.27 bits per heavy atom. The molecule has 1 N–H and O–H groups in total. The highest BCUT2D eigenvalue weighted by Crippen LogP contribution is 2.39. The van der Waals surface area contributed by atoms with E-state index in [1.165, 1.54) is 4.90 Å². The number of hydrogen-bond acceptors (Lipinski definition) is 5. The van der Waals surface area contributed by atoms with Gasteiger partial charge in [0.2, 0.25) is 5.91 Å². The Kier molecular flexibility index (Phi) is 7.88. The molecule has 0 saturated carbocycles. The van der Waals surface area contributed by atoms with Gasteiger partial charge in [0.05, 0.1) is 18.1 Å². The molecule has 3 unspecified atom stereocenters. The molecule has 30 heavy (non-hydrogen) atoms. The first kappa shape index (κ1) is 24.6. The van der Waals surface area contributed by atoms with Gasteiger partial charge in [-0.05, 0) is 30.1 Å². The number of amides is 2. The van der Waals surface area contributed by atoms with Crippen LogP contribution >= 0.6 is 0 Å². The molecule has 1 aromatic carbocycles. The van der Waals surface area contributed by atoms with Crippen molar-refractivity contribution in [3.63, 3.8) is 0 Å². The second-order valence-electron chi connectivity index (χ2n) is 9.92. The molecule has 6 nitrogen and oxygen atoms in total. The van der Waals surface area contributed by atoms with Gasteiger partial charge in [-0.15, -0.1) is 0 Å². The molecule has 4 atom stereocenters. The minimum atomic E-state index is -2.19. The normalized spacial score (nSPS) is 20.6. The highest BCUT2D eigenvalue weighted by atomic mass is 28.4. The zero-order valence-electron chi connectivity index (χ0n) is 19.3. The van der Waals surface area contributed by atoms with Gasteiger partial charge in [-0.25, -0.2) is 9.69 Å². The van der Waals surface area contributed by atoms with Crippen molar-refractivity contribution in [3.05, 3.63) is 35.9 Å². The quantitative estimate of drug-likeness (QED) is 0.618. The Balaban J connectivity index is 2.24. The molecule has 0 spiro atoms. The first-order chi connectivity index (χ1) is 13.9. The molecule has 0 aromatic heterocycles. The second-order valence-corrected chi connectivity index (χ2v) is 14.7. The van der Waals surface area contributed by atoms with Crippen molar-refractivity contribution >= 4 is 20.3 Å². The highest BCUT2D eigenvalue weighted by Gasteiger charge is 2.46. The molecule has 1 heterocycles. The summed E-state index contributed by atoms with van der Waals surface area (Å²) in [7, 11) is -2.19. The van der Waals surface area contributed by atoms with E-state index in [-0.39, 0.29) is 36.1 Å². The standard InChI is InChI=1S/C23H37NO5Si/c1-16(14-25)20(29-30(6,7)23(3,4)5)17(2)21(26)24-19(15-28-22(24)27)13-18-11-9-8-10-12-18/h8-12,16-17,19-20,25H,13-15H2,1-7H3/t16?,17?,19-,20?/m0/s1. The van der Waals surface area contributed by atoms with Crippen molar-refractivity contribution in [2.24, 2.45) is 11.8 Å². The minimum Gasteiger partial charge on any atom is -0.447 e. The molecule has 1 aliphatic rings. The lowest BCUT2D eigenvalue weighted by molar-refractivity contribution is -0.137. The molecule has 168 valence electrons. The van der Waals surface area contributed by atoms with Crippen LogP contribution in [0.5, 0.6) is 0 Å². The van der Waals surface area contributed by atoms with Crippen LogP contribution in [0, 0.1) is 11.8 Å². The van der Waals surface area contributed by atoms with Crippen LogP contribution in [0.3, 0.4) is 0 Å². The zero-order chi connectivity index (χ0) is 22.7. The van der Waals surface area contributed by atoms with E-state index in [1.54, 1.807) is 6.92 Å². The molecule has 1 fully saturated rings. The van der Waals surface area contributed by atoms with Gasteiger partial charge in [0.15, 0.2) is 8.32 Å². The Morgan fingerprint density at radius 2 is 1.87 bits per heavy atom. The maximum atomic E-state index is 13.4. The number of rotatable bonds is 8. The van der Waals surface area contributed by atoms with E-state index < -0.39 is 26.4 Å². The summed E-state index contributed by atoms with van der Waals surface area (Å²) in [4.78, 5) is 27.1. The predicted octanol–water partition coefficient (Wildman–Crippen LogP) is 4.23. The third kappa shape index (κ3) is 5.50. The third-order valence-electron chi connectivity index (χ3n) is 6.48. The van der Waals surface area contributed by atoms with Gasteiger partial charge in [-0.1, -0.05) is 65.0 Å². The summed E-state index contributed by atoms with van der Waals surface area (Å²) >= 11 is 0. The molecule has 1 saturated heterocycles. The third-order valence-corrected chi connectivity index (χ3v) is 11.0. The van der Waals surface area contributed by atoms with Gasteiger partial charge in [-0.3, -0.25) is 4.79 Å².